The molecular weight excluding hydrogens is 274 g/mol. The molecule has 0 atom stereocenters. The second kappa shape index (κ2) is 2.94. The SMILES string of the molecule is ClCc1c(I)cnn1C1CC1. The van der Waals surface area contributed by atoms with Gasteiger partial charge in [-0.3, -0.25) is 4.68 Å². The van der Waals surface area contributed by atoms with Crippen LogP contribution in [0.15, 0.2) is 6.20 Å². The van der Waals surface area contributed by atoms with Crippen LogP contribution in [-0.4, -0.2) is 9.78 Å². The number of alkyl halides is 1. The Labute approximate surface area is 84.1 Å². The quantitative estimate of drug-likeness (QED) is 0.602. The third kappa shape index (κ3) is 1.40. The number of hydrogen-bond donors (Lipinski definition) is 0. The van der Waals surface area contributed by atoms with Crippen molar-refractivity contribution in [3.8, 4) is 0 Å². The first-order valence-electron chi connectivity index (χ1n) is 3.60. The summed E-state index contributed by atoms with van der Waals surface area (Å²) in [6.45, 7) is 0. The second-order valence-electron chi connectivity index (χ2n) is 2.75. The van der Waals surface area contributed by atoms with E-state index >= 15 is 0 Å². The lowest BCUT2D eigenvalue weighted by atomic mass is 10.5. The molecule has 0 N–H and O–H groups in total. The van der Waals surface area contributed by atoms with E-state index in [1.165, 1.54) is 22.1 Å². The maximum atomic E-state index is 5.78. The van der Waals surface area contributed by atoms with Crippen LogP contribution >= 0.6 is 34.2 Å². The highest BCUT2D eigenvalue weighted by Crippen LogP contribution is 2.36. The lowest BCUT2D eigenvalue weighted by Gasteiger charge is -2.01. The summed E-state index contributed by atoms with van der Waals surface area (Å²) < 4.78 is 3.25. The van der Waals surface area contributed by atoms with Crippen molar-refractivity contribution in [2.75, 3.05) is 0 Å². The minimum Gasteiger partial charge on any atom is -0.264 e. The average molecular weight is 283 g/mol. The molecule has 0 aliphatic heterocycles. The lowest BCUT2D eigenvalue weighted by Crippen LogP contribution is -2.00. The molecule has 60 valence electrons. The Hall–Kier alpha value is 0.230. The van der Waals surface area contributed by atoms with E-state index in [0.29, 0.717) is 11.9 Å². The summed E-state index contributed by atoms with van der Waals surface area (Å²) in [6, 6.07) is 0.646. The van der Waals surface area contributed by atoms with E-state index < -0.39 is 0 Å². The minimum absolute atomic E-state index is 0.578. The third-order valence-electron chi connectivity index (χ3n) is 1.87. The molecule has 2 rings (SSSR count). The Kier molecular flexibility index (Phi) is 2.10. The van der Waals surface area contributed by atoms with Crippen LogP contribution in [-0.2, 0) is 5.88 Å². The van der Waals surface area contributed by atoms with Gasteiger partial charge in [-0.05, 0) is 35.4 Å². The molecule has 2 nitrogen and oxygen atoms in total. The molecule has 1 aliphatic rings. The van der Waals surface area contributed by atoms with Crippen LogP contribution in [0.5, 0.6) is 0 Å². The summed E-state index contributed by atoms with van der Waals surface area (Å²) in [5.74, 6) is 0.578. The Bertz CT molecular complexity index is 267. The summed E-state index contributed by atoms with van der Waals surface area (Å²) in [5.41, 5.74) is 1.18. The molecule has 1 aliphatic carbocycles. The van der Waals surface area contributed by atoms with Gasteiger partial charge in [0.2, 0.25) is 0 Å². The molecule has 1 aromatic rings. The molecule has 1 heterocycles. The molecule has 0 saturated heterocycles. The van der Waals surface area contributed by atoms with Gasteiger partial charge in [0.15, 0.2) is 0 Å². The van der Waals surface area contributed by atoms with Gasteiger partial charge in [-0.2, -0.15) is 5.10 Å². The third-order valence-corrected chi connectivity index (χ3v) is 3.02. The van der Waals surface area contributed by atoms with Gasteiger partial charge in [-0.1, -0.05) is 0 Å². The molecule has 0 bridgehead atoms. The van der Waals surface area contributed by atoms with Gasteiger partial charge in [0.1, 0.15) is 0 Å². The predicted molar refractivity (Wildman–Crippen MR) is 52.8 cm³/mol. The van der Waals surface area contributed by atoms with Gasteiger partial charge >= 0.3 is 0 Å². The standard InChI is InChI=1S/C7H8ClIN2/c8-3-7-6(9)4-10-11(7)5-1-2-5/h4-5H,1-3H2. The normalized spacial score (nSPS) is 17.3. The molecule has 0 radical (unpaired) electrons. The first-order valence-corrected chi connectivity index (χ1v) is 5.22. The van der Waals surface area contributed by atoms with E-state index in [9.17, 15) is 0 Å². The summed E-state index contributed by atoms with van der Waals surface area (Å²) in [7, 11) is 0. The zero-order valence-electron chi connectivity index (χ0n) is 5.93. The molecule has 1 fully saturated rings. The van der Waals surface area contributed by atoms with E-state index in [4.69, 9.17) is 11.6 Å². The number of rotatable bonds is 2. The largest absolute Gasteiger partial charge is 0.264 e. The summed E-state index contributed by atoms with van der Waals surface area (Å²) in [4.78, 5) is 0. The molecule has 1 aromatic heterocycles. The molecule has 0 unspecified atom stereocenters. The predicted octanol–water partition coefficient (Wildman–Crippen LogP) is 2.56. The van der Waals surface area contributed by atoms with Crippen molar-refractivity contribution >= 4 is 34.2 Å². The number of hydrogen-bond acceptors (Lipinski definition) is 1. The van der Waals surface area contributed by atoms with Crippen LogP contribution < -0.4 is 0 Å². The zero-order valence-corrected chi connectivity index (χ0v) is 8.84. The van der Waals surface area contributed by atoms with Crippen molar-refractivity contribution in [3.05, 3.63) is 15.5 Å². The summed E-state index contributed by atoms with van der Waals surface area (Å²) in [5, 5.41) is 4.27. The molecule has 4 heteroatoms. The molecule has 11 heavy (non-hydrogen) atoms. The molecular formula is C7H8ClIN2. The summed E-state index contributed by atoms with van der Waals surface area (Å²) in [6.07, 6.45) is 4.42. The molecule has 0 aromatic carbocycles. The zero-order chi connectivity index (χ0) is 7.84. The van der Waals surface area contributed by atoms with E-state index in [0.717, 1.165) is 0 Å². The lowest BCUT2D eigenvalue weighted by molar-refractivity contribution is 0.618. The van der Waals surface area contributed by atoms with Gasteiger partial charge in [0.05, 0.1) is 27.4 Å². The smallest absolute Gasteiger partial charge is 0.0668 e. The van der Waals surface area contributed by atoms with Crippen LogP contribution in [0.25, 0.3) is 0 Å². The number of halogens is 2. The van der Waals surface area contributed by atoms with Gasteiger partial charge in [-0.15, -0.1) is 11.6 Å². The maximum absolute atomic E-state index is 5.78. The highest BCUT2D eigenvalue weighted by molar-refractivity contribution is 14.1. The topological polar surface area (TPSA) is 17.8 Å². The van der Waals surface area contributed by atoms with E-state index in [1.807, 2.05) is 6.20 Å². The Morgan fingerprint density at radius 3 is 3.00 bits per heavy atom. The first kappa shape index (κ1) is 7.86. The molecule has 0 spiro atoms. The van der Waals surface area contributed by atoms with Crippen molar-refractivity contribution in [2.24, 2.45) is 0 Å². The van der Waals surface area contributed by atoms with Crippen LogP contribution in [0.2, 0.25) is 0 Å². The molecule has 0 amide bonds. The fraction of sp³-hybridized carbons (Fsp3) is 0.571. The van der Waals surface area contributed by atoms with E-state index in [1.54, 1.807) is 0 Å². The monoisotopic (exact) mass is 282 g/mol. The first-order chi connectivity index (χ1) is 5.33. The van der Waals surface area contributed by atoms with Gasteiger partial charge in [-0.25, -0.2) is 0 Å². The van der Waals surface area contributed by atoms with Crippen LogP contribution in [0.4, 0.5) is 0 Å². The van der Waals surface area contributed by atoms with Gasteiger partial charge in [0.25, 0.3) is 0 Å². The van der Waals surface area contributed by atoms with Crippen LogP contribution in [0, 0.1) is 3.57 Å². The van der Waals surface area contributed by atoms with Crippen molar-refractivity contribution in [1.29, 1.82) is 0 Å². The van der Waals surface area contributed by atoms with Crippen molar-refractivity contribution in [1.82, 2.24) is 9.78 Å². The second-order valence-corrected chi connectivity index (χ2v) is 4.18. The Balaban J connectivity index is 2.36. The Morgan fingerprint density at radius 2 is 2.45 bits per heavy atom. The fourth-order valence-electron chi connectivity index (χ4n) is 1.13. The number of aromatic nitrogens is 2. The highest BCUT2D eigenvalue weighted by atomic mass is 127. The van der Waals surface area contributed by atoms with E-state index in [-0.39, 0.29) is 0 Å². The van der Waals surface area contributed by atoms with Crippen LogP contribution in [0.3, 0.4) is 0 Å². The number of nitrogens with zero attached hydrogens (tertiary/aromatic N) is 2. The minimum atomic E-state index is 0.578. The maximum Gasteiger partial charge on any atom is 0.0668 e. The summed E-state index contributed by atoms with van der Waals surface area (Å²) >= 11 is 8.06. The molecule has 1 saturated carbocycles. The van der Waals surface area contributed by atoms with Crippen molar-refractivity contribution < 1.29 is 0 Å². The average Bonchev–Trinajstić information content (AvgIpc) is 2.76. The highest BCUT2D eigenvalue weighted by Gasteiger charge is 2.26. The van der Waals surface area contributed by atoms with Crippen molar-refractivity contribution in [3.63, 3.8) is 0 Å². The van der Waals surface area contributed by atoms with Crippen LogP contribution in [0.1, 0.15) is 24.6 Å². The van der Waals surface area contributed by atoms with E-state index in [2.05, 4.69) is 32.4 Å². The Morgan fingerprint density at radius 1 is 1.73 bits per heavy atom. The van der Waals surface area contributed by atoms with Gasteiger partial charge in [0, 0.05) is 0 Å². The fourth-order valence-corrected chi connectivity index (χ4v) is 2.18. The van der Waals surface area contributed by atoms with Gasteiger partial charge < -0.3 is 0 Å². The van der Waals surface area contributed by atoms with Crippen molar-refractivity contribution in [2.45, 2.75) is 24.8 Å².